The van der Waals surface area contributed by atoms with Crippen molar-refractivity contribution in [2.24, 2.45) is 11.1 Å². The fourth-order valence-electron chi connectivity index (χ4n) is 2.09. The molecule has 0 bridgehead atoms. The maximum absolute atomic E-state index is 11.0. The van der Waals surface area contributed by atoms with Crippen molar-refractivity contribution < 1.29 is 4.92 Å². The van der Waals surface area contributed by atoms with Crippen molar-refractivity contribution in [2.75, 3.05) is 0 Å². The molecule has 1 atom stereocenters. The molecule has 0 saturated carbocycles. The molecule has 1 heterocycles. The highest BCUT2D eigenvalue weighted by Gasteiger charge is 2.22. The van der Waals surface area contributed by atoms with Crippen LogP contribution in [0.4, 0.5) is 5.69 Å². The summed E-state index contributed by atoms with van der Waals surface area (Å²) >= 11 is 0. The first-order chi connectivity index (χ1) is 9.30. The molecule has 0 aliphatic carbocycles. The molecule has 1 aromatic carbocycles. The molecule has 1 aromatic heterocycles. The largest absolute Gasteiger partial charge is 0.327 e. The quantitative estimate of drug-likeness (QED) is 0.688. The standard InChI is InChI=1S/C15H19N3O2/c1-15(2,3)13(16)9-10-7-8-17-14-11(10)5-4-6-12(14)18(19)20/h4-8,13H,9,16H2,1-3H3. The van der Waals surface area contributed by atoms with Gasteiger partial charge in [0.25, 0.3) is 5.69 Å². The molecule has 1 unspecified atom stereocenters. The topological polar surface area (TPSA) is 82.0 Å². The third-order valence-electron chi connectivity index (χ3n) is 3.59. The van der Waals surface area contributed by atoms with Gasteiger partial charge in [-0.3, -0.25) is 10.1 Å². The summed E-state index contributed by atoms with van der Waals surface area (Å²) < 4.78 is 0. The van der Waals surface area contributed by atoms with Crippen LogP contribution >= 0.6 is 0 Å². The smallest absolute Gasteiger partial charge is 0.295 e. The van der Waals surface area contributed by atoms with Crippen LogP contribution in [0.25, 0.3) is 10.9 Å². The van der Waals surface area contributed by atoms with Crippen LogP contribution in [0.5, 0.6) is 0 Å². The van der Waals surface area contributed by atoms with Gasteiger partial charge in [-0.1, -0.05) is 32.9 Å². The Morgan fingerprint density at radius 3 is 2.65 bits per heavy atom. The van der Waals surface area contributed by atoms with E-state index in [-0.39, 0.29) is 17.1 Å². The molecular formula is C15H19N3O2. The van der Waals surface area contributed by atoms with E-state index in [0.29, 0.717) is 11.9 Å². The van der Waals surface area contributed by atoms with Crippen molar-refractivity contribution in [1.82, 2.24) is 4.98 Å². The van der Waals surface area contributed by atoms with Gasteiger partial charge in [0.15, 0.2) is 0 Å². The van der Waals surface area contributed by atoms with Gasteiger partial charge in [-0.2, -0.15) is 0 Å². The molecule has 5 nitrogen and oxygen atoms in total. The summed E-state index contributed by atoms with van der Waals surface area (Å²) in [6.07, 6.45) is 2.28. The molecule has 20 heavy (non-hydrogen) atoms. The molecule has 2 aromatic rings. The predicted molar refractivity (Wildman–Crippen MR) is 79.5 cm³/mol. The van der Waals surface area contributed by atoms with Crippen LogP contribution in [0, 0.1) is 15.5 Å². The van der Waals surface area contributed by atoms with Crippen LogP contribution < -0.4 is 5.73 Å². The number of hydrogen-bond acceptors (Lipinski definition) is 4. The highest BCUT2D eigenvalue weighted by atomic mass is 16.6. The minimum absolute atomic E-state index is 0.0176. The number of fused-ring (bicyclic) bond motifs is 1. The molecule has 0 spiro atoms. The lowest BCUT2D eigenvalue weighted by Gasteiger charge is -2.27. The van der Waals surface area contributed by atoms with Gasteiger partial charge in [-0.25, -0.2) is 4.98 Å². The van der Waals surface area contributed by atoms with Crippen molar-refractivity contribution in [2.45, 2.75) is 33.2 Å². The third-order valence-corrected chi connectivity index (χ3v) is 3.59. The molecule has 106 valence electrons. The van der Waals surface area contributed by atoms with E-state index in [1.807, 2.05) is 12.1 Å². The summed E-state index contributed by atoms with van der Waals surface area (Å²) in [6, 6.07) is 6.89. The number of hydrogen-bond donors (Lipinski definition) is 1. The molecule has 0 aliphatic rings. The highest BCUT2D eigenvalue weighted by molar-refractivity contribution is 5.89. The number of non-ortho nitro benzene ring substituents is 1. The van der Waals surface area contributed by atoms with E-state index in [2.05, 4.69) is 25.8 Å². The number of pyridine rings is 1. The first-order valence-electron chi connectivity index (χ1n) is 6.57. The van der Waals surface area contributed by atoms with E-state index in [0.717, 1.165) is 10.9 Å². The molecule has 2 N–H and O–H groups in total. The second-order valence-electron chi connectivity index (χ2n) is 6.08. The summed E-state index contributed by atoms with van der Waals surface area (Å²) in [5.74, 6) is 0. The third kappa shape index (κ3) is 2.77. The first kappa shape index (κ1) is 14.4. The van der Waals surface area contributed by atoms with Gasteiger partial charge >= 0.3 is 0 Å². The second-order valence-corrected chi connectivity index (χ2v) is 6.08. The minimum atomic E-state index is -0.400. The summed E-state index contributed by atoms with van der Waals surface area (Å²) in [6.45, 7) is 6.26. The van der Waals surface area contributed by atoms with Crippen molar-refractivity contribution >= 4 is 16.6 Å². The molecule has 2 rings (SSSR count). The maximum Gasteiger partial charge on any atom is 0.295 e. The fourth-order valence-corrected chi connectivity index (χ4v) is 2.09. The molecule has 0 aliphatic heterocycles. The van der Waals surface area contributed by atoms with Gasteiger partial charge in [0, 0.05) is 23.7 Å². The number of nitrogens with two attached hydrogens (primary N) is 1. The number of rotatable bonds is 3. The van der Waals surface area contributed by atoms with E-state index in [9.17, 15) is 10.1 Å². The summed E-state index contributed by atoms with van der Waals surface area (Å²) in [5.41, 5.74) is 7.66. The minimum Gasteiger partial charge on any atom is -0.327 e. The molecule has 0 fully saturated rings. The summed E-state index contributed by atoms with van der Waals surface area (Å²) in [7, 11) is 0. The lowest BCUT2D eigenvalue weighted by molar-refractivity contribution is -0.383. The van der Waals surface area contributed by atoms with E-state index >= 15 is 0 Å². The Labute approximate surface area is 118 Å². The Morgan fingerprint density at radius 2 is 2.05 bits per heavy atom. The number of nitro groups is 1. The van der Waals surface area contributed by atoms with Gasteiger partial charge in [-0.05, 0) is 23.5 Å². The monoisotopic (exact) mass is 273 g/mol. The van der Waals surface area contributed by atoms with Gasteiger partial charge in [0.05, 0.1) is 4.92 Å². The van der Waals surface area contributed by atoms with Gasteiger partial charge in [-0.15, -0.1) is 0 Å². The Bertz CT molecular complexity index is 647. The number of nitrogens with zero attached hydrogens (tertiary/aromatic N) is 2. The van der Waals surface area contributed by atoms with Crippen LogP contribution in [0.3, 0.4) is 0 Å². The SMILES string of the molecule is CC(C)(C)C(N)Cc1ccnc2c([N+](=O)[O-])cccc12. The second kappa shape index (κ2) is 5.17. The van der Waals surface area contributed by atoms with Crippen LogP contribution in [0.15, 0.2) is 30.5 Å². The van der Waals surface area contributed by atoms with Gasteiger partial charge in [0.2, 0.25) is 0 Å². The average Bonchev–Trinajstić information content (AvgIpc) is 2.37. The van der Waals surface area contributed by atoms with Crippen molar-refractivity contribution in [3.8, 4) is 0 Å². The number of aromatic nitrogens is 1. The highest BCUT2D eigenvalue weighted by Crippen LogP contribution is 2.28. The molecule has 0 amide bonds. The van der Waals surface area contributed by atoms with E-state index < -0.39 is 4.92 Å². The van der Waals surface area contributed by atoms with Gasteiger partial charge in [0.1, 0.15) is 5.52 Å². The van der Waals surface area contributed by atoms with Crippen LogP contribution in [-0.2, 0) is 6.42 Å². The maximum atomic E-state index is 11.0. The zero-order valence-electron chi connectivity index (χ0n) is 12.0. The number of benzene rings is 1. The Hall–Kier alpha value is -2.01. The van der Waals surface area contributed by atoms with Crippen LogP contribution in [-0.4, -0.2) is 15.9 Å². The predicted octanol–water partition coefficient (Wildman–Crippen LogP) is 3.06. The molecule has 5 heteroatoms. The first-order valence-corrected chi connectivity index (χ1v) is 6.57. The molecule has 0 radical (unpaired) electrons. The number of nitro benzene ring substituents is 1. The van der Waals surface area contributed by atoms with E-state index in [1.165, 1.54) is 6.07 Å². The van der Waals surface area contributed by atoms with Crippen molar-refractivity contribution in [1.29, 1.82) is 0 Å². The van der Waals surface area contributed by atoms with Crippen molar-refractivity contribution in [3.63, 3.8) is 0 Å². The zero-order valence-corrected chi connectivity index (χ0v) is 12.0. The van der Waals surface area contributed by atoms with Gasteiger partial charge < -0.3 is 5.73 Å². The Balaban J connectivity index is 2.51. The van der Waals surface area contributed by atoms with Crippen molar-refractivity contribution in [3.05, 3.63) is 46.1 Å². The Kier molecular flexibility index (Phi) is 3.72. The lowest BCUT2D eigenvalue weighted by Crippen LogP contribution is -2.36. The van der Waals surface area contributed by atoms with E-state index in [1.54, 1.807) is 12.3 Å². The summed E-state index contributed by atoms with van der Waals surface area (Å²) in [5, 5.41) is 11.9. The molecule has 0 saturated heterocycles. The van der Waals surface area contributed by atoms with Crippen LogP contribution in [0.1, 0.15) is 26.3 Å². The normalized spacial score (nSPS) is 13.4. The zero-order chi connectivity index (χ0) is 14.9. The summed E-state index contributed by atoms with van der Waals surface area (Å²) in [4.78, 5) is 14.8. The average molecular weight is 273 g/mol. The fraction of sp³-hybridized carbons (Fsp3) is 0.400. The Morgan fingerprint density at radius 1 is 1.35 bits per heavy atom. The van der Waals surface area contributed by atoms with Crippen LogP contribution in [0.2, 0.25) is 0 Å². The number of para-hydroxylation sites is 1. The van der Waals surface area contributed by atoms with E-state index in [4.69, 9.17) is 5.73 Å². The molecular weight excluding hydrogens is 254 g/mol. The lowest BCUT2D eigenvalue weighted by atomic mass is 9.83.